The summed E-state index contributed by atoms with van der Waals surface area (Å²) in [4.78, 5) is 23.9. The van der Waals surface area contributed by atoms with Gasteiger partial charge in [0.2, 0.25) is 0 Å². The first-order valence-corrected chi connectivity index (χ1v) is 6.18. The number of aryl methyl sites for hydroxylation is 1. The summed E-state index contributed by atoms with van der Waals surface area (Å²) < 4.78 is 4.70. The van der Waals surface area contributed by atoms with Crippen LogP contribution in [0.5, 0.6) is 0 Å². The van der Waals surface area contributed by atoms with E-state index in [-0.39, 0.29) is 6.61 Å². The molecular weight excluding hydrogens is 224 g/mol. The minimum Gasteiger partial charge on any atom is -0.460 e. The van der Waals surface area contributed by atoms with Crippen molar-refractivity contribution in [1.82, 2.24) is 0 Å². The zero-order valence-corrected chi connectivity index (χ0v) is 10.4. The van der Waals surface area contributed by atoms with Gasteiger partial charge in [0.15, 0.2) is 0 Å². The summed E-state index contributed by atoms with van der Waals surface area (Å²) in [6, 6.07) is 5.46. The molecule has 1 rings (SSSR count). The topological polar surface area (TPSA) is 43.4 Å². The number of hydrogen-bond donors (Lipinski definition) is 0. The van der Waals surface area contributed by atoms with Crippen LogP contribution < -0.4 is 0 Å². The molecule has 0 bridgehead atoms. The van der Waals surface area contributed by atoms with Crippen molar-refractivity contribution in [2.24, 2.45) is 0 Å². The van der Waals surface area contributed by atoms with Crippen molar-refractivity contribution in [3.8, 4) is 0 Å². The summed E-state index contributed by atoms with van der Waals surface area (Å²) in [7, 11) is 0. The highest BCUT2D eigenvalue weighted by Crippen LogP contribution is 2.22. The van der Waals surface area contributed by atoms with E-state index in [9.17, 15) is 9.59 Å². The molecule has 0 saturated carbocycles. The molecule has 0 aromatic heterocycles. The van der Waals surface area contributed by atoms with Gasteiger partial charge in [-0.3, -0.25) is 4.79 Å². The Kier molecular flexibility index (Phi) is 4.55. The minimum atomic E-state index is -0.789. The van der Waals surface area contributed by atoms with Crippen LogP contribution in [0.25, 0.3) is 0 Å². The number of ether oxygens (including phenoxy) is 1. The Morgan fingerprint density at radius 1 is 1.38 bits per heavy atom. The van der Waals surface area contributed by atoms with Gasteiger partial charge in [0.05, 0.1) is 6.61 Å². The van der Waals surface area contributed by atoms with Crippen LogP contribution in [0.15, 0.2) is 23.1 Å². The molecule has 0 heterocycles. The lowest BCUT2D eigenvalue weighted by Gasteiger charge is -2.06. The van der Waals surface area contributed by atoms with Crippen molar-refractivity contribution in [2.75, 3.05) is 12.9 Å². The number of hydrogen-bond acceptors (Lipinski definition) is 4. The minimum absolute atomic E-state index is 0.213. The van der Waals surface area contributed by atoms with Crippen LogP contribution >= 0.6 is 11.8 Å². The fourth-order valence-corrected chi connectivity index (χ4v) is 1.88. The van der Waals surface area contributed by atoms with Gasteiger partial charge in [-0.2, -0.15) is 0 Å². The van der Waals surface area contributed by atoms with Gasteiger partial charge in [0.1, 0.15) is 0 Å². The van der Waals surface area contributed by atoms with Crippen LogP contribution in [0, 0.1) is 6.92 Å². The lowest BCUT2D eigenvalue weighted by Crippen LogP contribution is -2.18. The predicted octanol–water partition coefficient (Wildman–Crippen LogP) is 2.46. The summed E-state index contributed by atoms with van der Waals surface area (Å²) in [5.41, 5.74) is 1.37. The fraction of sp³-hybridized carbons (Fsp3) is 0.333. The number of carbonyl (C=O) groups is 2. The quantitative estimate of drug-likeness (QED) is 0.350. The molecule has 0 N–H and O–H groups in total. The van der Waals surface area contributed by atoms with E-state index in [1.807, 2.05) is 25.3 Å². The van der Waals surface area contributed by atoms with E-state index in [1.54, 1.807) is 13.0 Å². The average molecular weight is 238 g/mol. The largest absolute Gasteiger partial charge is 0.460 e. The number of esters is 1. The molecule has 4 heteroatoms. The third-order valence-electron chi connectivity index (χ3n) is 2.06. The second-order valence-corrected chi connectivity index (χ2v) is 4.10. The fourth-order valence-electron chi connectivity index (χ4n) is 1.31. The number of Topliss-reactive ketones (excluding diaryl/α,β-unsaturated/α-hetero) is 1. The monoisotopic (exact) mass is 238 g/mol. The number of benzene rings is 1. The Bertz CT molecular complexity index is 413. The van der Waals surface area contributed by atoms with Crippen LogP contribution in [0.4, 0.5) is 0 Å². The van der Waals surface area contributed by atoms with Crippen molar-refractivity contribution in [3.63, 3.8) is 0 Å². The van der Waals surface area contributed by atoms with Crippen LogP contribution in [0.3, 0.4) is 0 Å². The highest BCUT2D eigenvalue weighted by atomic mass is 32.2. The average Bonchev–Trinajstić information content (AvgIpc) is 2.28. The van der Waals surface area contributed by atoms with Gasteiger partial charge >= 0.3 is 5.97 Å². The van der Waals surface area contributed by atoms with E-state index >= 15 is 0 Å². The molecule has 0 aliphatic rings. The molecular formula is C12H14O3S. The molecule has 0 fully saturated rings. The van der Waals surface area contributed by atoms with Crippen molar-refractivity contribution in [2.45, 2.75) is 18.7 Å². The zero-order chi connectivity index (χ0) is 12.1. The second kappa shape index (κ2) is 5.70. The molecule has 1 aromatic rings. The van der Waals surface area contributed by atoms with E-state index in [4.69, 9.17) is 4.74 Å². The van der Waals surface area contributed by atoms with Crippen LogP contribution in [-0.4, -0.2) is 24.6 Å². The molecule has 0 aliphatic carbocycles. The van der Waals surface area contributed by atoms with E-state index in [0.717, 1.165) is 10.5 Å². The molecule has 0 aliphatic heterocycles. The Balaban J connectivity index is 3.06. The zero-order valence-electron chi connectivity index (χ0n) is 9.57. The third kappa shape index (κ3) is 2.85. The molecule has 0 unspecified atom stereocenters. The lowest BCUT2D eigenvalue weighted by atomic mass is 10.1. The predicted molar refractivity (Wildman–Crippen MR) is 63.9 cm³/mol. The summed E-state index contributed by atoms with van der Waals surface area (Å²) in [6.07, 6.45) is 1.87. The number of carbonyl (C=O) groups excluding carboxylic acids is 2. The molecule has 86 valence electrons. The number of rotatable bonds is 4. The van der Waals surface area contributed by atoms with E-state index in [1.165, 1.54) is 11.8 Å². The van der Waals surface area contributed by atoms with Gasteiger partial charge in [-0.05, 0) is 32.2 Å². The van der Waals surface area contributed by atoms with Gasteiger partial charge in [-0.15, -0.1) is 11.8 Å². The van der Waals surface area contributed by atoms with E-state index < -0.39 is 11.8 Å². The first kappa shape index (κ1) is 12.8. The van der Waals surface area contributed by atoms with Crippen LogP contribution in [0.2, 0.25) is 0 Å². The first-order chi connectivity index (χ1) is 7.60. The number of thioether (sulfide) groups is 1. The van der Waals surface area contributed by atoms with Gasteiger partial charge < -0.3 is 4.74 Å². The van der Waals surface area contributed by atoms with Gasteiger partial charge in [-0.25, -0.2) is 4.79 Å². The standard InChI is InChI=1S/C12H14O3S/c1-4-15-12(14)11(13)9-7-8(2)5-6-10(9)16-3/h5-7H,4H2,1-3H3. The van der Waals surface area contributed by atoms with Crippen molar-refractivity contribution in [1.29, 1.82) is 0 Å². The summed E-state index contributed by atoms with van der Waals surface area (Å²) >= 11 is 1.44. The van der Waals surface area contributed by atoms with E-state index in [0.29, 0.717) is 5.56 Å². The summed E-state index contributed by atoms with van der Waals surface area (Å²) in [5, 5.41) is 0. The highest BCUT2D eigenvalue weighted by molar-refractivity contribution is 7.98. The molecule has 0 radical (unpaired) electrons. The number of ketones is 1. The first-order valence-electron chi connectivity index (χ1n) is 4.96. The van der Waals surface area contributed by atoms with Gasteiger partial charge in [0.25, 0.3) is 5.78 Å². The van der Waals surface area contributed by atoms with E-state index in [2.05, 4.69) is 0 Å². The molecule has 1 aromatic carbocycles. The summed E-state index contributed by atoms with van der Waals surface area (Å²) in [5.74, 6) is -1.36. The van der Waals surface area contributed by atoms with Crippen LogP contribution in [0.1, 0.15) is 22.8 Å². The summed E-state index contributed by atoms with van der Waals surface area (Å²) in [6.45, 7) is 3.77. The molecule has 0 atom stereocenters. The smallest absolute Gasteiger partial charge is 0.379 e. The highest BCUT2D eigenvalue weighted by Gasteiger charge is 2.20. The maximum atomic E-state index is 11.8. The molecule has 0 spiro atoms. The maximum absolute atomic E-state index is 11.8. The molecule has 0 saturated heterocycles. The maximum Gasteiger partial charge on any atom is 0.379 e. The van der Waals surface area contributed by atoms with Crippen molar-refractivity contribution < 1.29 is 14.3 Å². The van der Waals surface area contributed by atoms with Gasteiger partial charge in [-0.1, -0.05) is 11.6 Å². The molecule has 0 amide bonds. The Labute approximate surface area is 99.2 Å². The van der Waals surface area contributed by atoms with Crippen molar-refractivity contribution >= 4 is 23.5 Å². The normalized spacial score (nSPS) is 9.94. The van der Waals surface area contributed by atoms with Crippen molar-refractivity contribution in [3.05, 3.63) is 29.3 Å². The lowest BCUT2D eigenvalue weighted by molar-refractivity contribution is -0.137. The Morgan fingerprint density at radius 2 is 2.06 bits per heavy atom. The Hall–Kier alpha value is -1.29. The SMILES string of the molecule is CCOC(=O)C(=O)c1cc(C)ccc1SC. The molecule has 16 heavy (non-hydrogen) atoms. The third-order valence-corrected chi connectivity index (χ3v) is 2.86. The Morgan fingerprint density at radius 3 is 2.62 bits per heavy atom. The van der Waals surface area contributed by atoms with Crippen LogP contribution in [-0.2, 0) is 9.53 Å². The van der Waals surface area contributed by atoms with Gasteiger partial charge in [0, 0.05) is 10.5 Å². The molecule has 3 nitrogen and oxygen atoms in total. The second-order valence-electron chi connectivity index (χ2n) is 3.25.